The Morgan fingerprint density at radius 1 is 1.03 bits per heavy atom. The molecule has 37 heavy (non-hydrogen) atoms. The first-order valence-electron chi connectivity index (χ1n) is 12.2. The predicted octanol–water partition coefficient (Wildman–Crippen LogP) is 3.47. The van der Waals surface area contributed by atoms with E-state index in [4.69, 9.17) is 23.2 Å². The fraction of sp³-hybridized carbons (Fsp3) is 0.385. The summed E-state index contributed by atoms with van der Waals surface area (Å²) in [4.78, 5) is 41.5. The number of benzene rings is 2. The van der Waals surface area contributed by atoms with Gasteiger partial charge in [-0.2, -0.15) is 0 Å². The Morgan fingerprint density at radius 3 is 2.30 bits per heavy atom. The predicted molar refractivity (Wildman–Crippen MR) is 143 cm³/mol. The van der Waals surface area contributed by atoms with Crippen molar-refractivity contribution in [3.63, 3.8) is 0 Å². The van der Waals surface area contributed by atoms with E-state index in [-0.39, 0.29) is 33.9 Å². The molecule has 1 heterocycles. The van der Waals surface area contributed by atoms with Crippen LogP contribution in [-0.4, -0.2) is 54.0 Å². The third-order valence-corrected chi connectivity index (χ3v) is 7.20. The molecule has 5 N–H and O–H groups in total. The van der Waals surface area contributed by atoms with Crippen LogP contribution in [0, 0.1) is 5.92 Å². The molecule has 4 rings (SSSR count). The first kappa shape index (κ1) is 26.8. The molecule has 196 valence electrons. The molecule has 1 aliphatic heterocycles. The summed E-state index contributed by atoms with van der Waals surface area (Å²) in [6.07, 6.45) is 3.45. The van der Waals surface area contributed by atoms with E-state index < -0.39 is 17.9 Å². The van der Waals surface area contributed by atoms with Crippen molar-refractivity contribution >= 4 is 52.6 Å². The number of hydrogen-bond acceptors (Lipinski definition) is 6. The van der Waals surface area contributed by atoms with Crippen molar-refractivity contribution in [1.29, 1.82) is 0 Å². The molecule has 2 aromatic rings. The maximum absolute atomic E-state index is 12.8. The van der Waals surface area contributed by atoms with Crippen molar-refractivity contribution in [3.05, 3.63) is 63.6 Å². The smallest absolute Gasteiger partial charge is 0.326 e. The Kier molecular flexibility index (Phi) is 8.89. The first-order chi connectivity index (χ1) is 17.8. The maximum atomic E-state index is 12.8. The number of carbonyl (C=O) groups excluding carboxylic acids is 2. The van der Waals surface area contributed by atoms with Crippen LogP contribution in [0.1, 0.15) is 41.6 Å². The highest BCUT2D eigenvalue weighted by molar-refractivity contribution is 6.39. The summed E-state index contributed by atoms with van der Waals surface area (Å²) in [6, 6.07) is 10.7. The Morgan fingerprint density at radius 2 is 1.70 bits per heavy atom. The van der Waals surface area contributed by atoms with Gasteiger partial charge in [0.15, 0.2) is 5.96 Å². The number of nitrogens with one attached hydrogen (secondary N) is 4. The maximum Gasteiger partial charge on any atom is 0.326 e. The third-order valence-electron chi connectivity index (χ3n) is 6.57. The second-order valence-corrected chi connectivity index (χ2v) is 10.0. The van der Waals surface area contributed by atoms with Gasteiger partial charge < -0.3 is 26.4 Å². The summed E-state index contributed by atoms with van der Waals surface area (Å²) in [7, 11) is 0. The van der Waals surface area contributed by atoms with Crippen LogP contribution in [0.3, 0.4) is 0 Å². The Balaban J connectivity index is 1.28. The Bertz CT molecular complexity index is 1160. The van der Waals surface area contributed by atoms with E-state index >= 15 is 0 Å². The zero-order valence-electron chi connectivity index (χ0n) is 20.1. The van der Waals surface area contributed by atoms with Crippen molar-refractivity contribution < 1.29 is 19.5 Å². The van der Waals surface area contributed by atoms with Crippen LogP contribution < -0.4 is 21.3 Å². The van der Waals surface area contributed by atoms with Gasteiger partial charge in [0.25, 0.3) is 5.91 Å². The minimum atomic E-state index is -1.19. The van der Waals surface area contributed by atoms with E-state index in [2.05, 4.69) is 26.3 Å². The molecule has 0 radical (unpaired) electrons. The molecule has 2 aromatic carbocycles. The van der Waals surface area contributed by atoms with Crippen molar-refractivity contribution in [1.82, 2.24) is 16.0 Å². The number of aliphatic carboxylic acids is 1. The summed E-state index contributed by atoms with van der Waals surface area (Å²) in [5.74, 6) is -1.07. The summed E-state index contributed by atoms with van der Waals surface area (Å²) in [5.41, 5.74) is 1.35. The van der Waals surface area contributed by atoms with Crippen LogP contribution in [-0.2, 0) is 16.0 Å². The SMILES string of the molecule is O=C(N[C@@H](Cc1ccc(NC(=O)[C@H]2CC[C@H](NC3=NCCN3)CC2)cc1)C(=O)O)c1c(Cl)cccc1Cl. The van der Waals surface area contributed by atoms with Gasteiger partial charge in [-0.3, -0.25) is 14.6 Å². The largest absolute Gasteiger partial charge is 0.480 e. The average Bonchev–Trinajstić information content (AvgIpc) is 3.38. The summed E-state index contributed by atoms with van der Waals surface area (Å²) >= 11 is 12.1. The fourth-order valence-electron chi connectivity index (χ4n) is 4.54. The van der Waals surface area contributed by atoms with Crippen molar-refractivity contribution in [2.45, 2.75) is 44.2 Å². The molecule has 0 bridgehead atoms. The monoisotopic (exact) mass is 545 g/mol. The molecule has 1 fully saturated rings. The fourth-order valence-corrected chi connectivity index (χ4v) is 5.11. The summed E-state index contributed by atoms with van der Waals surface area (Å²) in [5, 5.41) is 22.0. The van der Waals surface area contributed by atoms with E-state index in [1.54, 1.807) is 30.3 Å². The molecular weight excluding hydrogens is 517 g/mol. The molecule has 0 aromatic heterocycles. The summed E-state index contributed by atoms with van der Waals surface area (Å²) in [6.45, 7) is 1.66. The standard InChI is InChI=1S/C26H29Cl2N5O4/c27-19-2-1-3-20(28)22(19)24(35)33-21(25(36)37)14-15-4-8-17(9-5-15)31-23(34)16-6-10-18(11-7-16)32-26-29-12-13-30-26/h1-5,8-9,16,18,21H,6-7,10-14H2,(H,31,34)(H,33,35)(H,36,37)(H2,29,30,32)/t16-,18-,21-/m0/s1. The zero-order chi connectivity index (χ0) is 26.4. The van der Waals surface area contributed by atoms with Crippen LogP contribution >= 0.6 is 23.2 Å². The van der Waals surface area contributed by atoms with Gasteiger partial charge in [0.05, 0.1) is 22.2 Å². The number of carbonyl (C=O) groups is 3. The van der Waals surface area contributed by atoms with Crippen molar-refractivity contribution in [2.75, 3.05) is 18.4 Å². The highest BCUT2D eigenvalue weighted by atomic mass is 35.5. The van der Waals surface area contributed by atoms with E-state index in [1.807, 2.05) is 0 Å². The number of carboxylic acid groups (broad SMARTS) is 1. The molecule has 11 heteroatoms. The van der Waals surface area contributed by atoms with E-state index in [0.717, 1.165) is 44.7 Å². The van der Waals surface area contributed by atoms with Gasteiger partial charge in [0, 0.05) is 30.6 Å². The van der Waals surface area contributed by atoms with Crippen LogP contribution in [0.25, 0.3) is 0 Å². The van der Waals surface area contributed by atoms with Crippen LogP contribution in [0.4, 0.5) is 5.69 Å². The minimum Gasteiger partial charge on any atom is -0.480 e. The molecule has 1 saturated carbocycles. The molecule has 1 atom stereocenters. The quantitative estimate of drug-likeness (QED) is 0.345. The molecule has 0 unspecified atom stereocenters. The van der Waals surface area contributed by atoms with Crippen LogP contribution in [0.2, 0.25) is 10.0 Å². The van der Waals surface area contributed by atoms with Crippen LogP contribution in [0.5, 0.6) is 0 Å². The number of rotatable bonds is 8. The van der Waals surface area contributed by atoms with Gasteiger partial charge in [0.1, 0.15) is 6.04 Å². The average molecular weight is 546 g/mol. The molecule has 1 aliphatic carbocycles. The van der Waals surface area contributed by atoms with Crippen molar-refractivity contribution in [3.8, 4) is 0 Å². The molecular formula is C26H29Cl2N5O4. The zero-order valence-corrected chi connectivity index (χ0v) is 21.6. The lowest BCUT2D eigenvalue weighted by Gasteiger charge is -2.29. The lowest BCUT2D eigenvalue weighted by molar-refractivity contribution is -0.139. The van der Waals surface area contributed by atoms with E-state index in [0.29, 0.717) is 17.3 Å². The number of anilines is 1. The van der Waals surface area contributed by atoms with Crippen molar-refractivity contribution in [2.24, 2.45) is 10.9 Å². The minimum absolute atomic E-state index is 0.0187. The van der Waals surface area contributed by atoms with E-state index in [9.17, 15) is 19.5 Å². The highest BCUT2D eigenvalue weighted by Gasteiger charge is 2.27. The lowest BCUT2D eigenvalue weighted by atomic mass is 9.85. The first-order valence-corrected chi connectivity index (χ1v) is 13.0. The molecule has 0 spiro atoms. The number of hydrogen-bond donors (Lipinski definition) is 5. The molecule has 2 aliphatic rings. The number of amides is 2. The second kappa shape index (κ2) is 12.3. The normalized spacial score (nSPS) is 19.8. The Hall–Kier alpha value is -3.30. The lowest BCUT2D eigenvalue weighted by Crippen LogP contribution is -2.43. The van der Waals surface area contributed by atoms with Gasteiger partial charge in [-0.15, -0.1) is 0 Å². The molecule has 9 nitrogen and oxygen atoms in total. The summed E-state index contributed by atoms with van der Waals surface area (Å²) < 4.78 is 0. The Labute approximate surface area is 225 Å². The van der Waals surface area contributed by atoms with Crippen LogP contribution in [0.15, 0.2) is 47.5 Å². The molecule has 0 saturated heterocycles. The number of carboxylic acids is 1. The number of nitrogens with zero attached hydrogens (tertiary/aromatic N) is 1. The number of guanidine groups is 1. The van der Waals surface area contributed by atoms with E-state index in [1.165, 1.54) is 12.1 Å². The third kappa shape index (κ3) is 7.14. The highest BCUT2D eigenvalue weighted by Crippen LogP contribution is 2.26. The topological polar surface area (TPSA) is 132 Å². The van der Waals surface area contributed by atoms with Gasteiger partial charge in [-0.1, -0.05) is 41.4 Å². The molecule has 2 amide bonds. The van der Waals surface area contributed by atoms with Gasteiger partial charge in [-0.25, -0.2) is 4.79 Å². The second-order valence-electron chi connectivity index (χ2n) is 9.20. The number of aliphatic imine (C=N–C) groups is 1. The number of halogens is 2. The van der Waals surface area contributed by atoms with Gasteiger partial charge in [0.2, 0.25) is 5.91 Å². The van der Waals surface area contributed by atoms with Gasteiger partial charge in [-0.05, 0) is 55.5 Å². The van der Waals surface area contributed by atoms with Gasteiger partial charge >= 0.3 is 5.97 Å².